The highest BCUT2D eigenvalue weighted by molar-refractivity contribution is 5.75. The van der Waals surface area contributed by atoms with Crippen LogP contribution in [0.15, 0.2) is 41.5 Å². The van der Waals surface area contributed by atoms with Gasteiger partial charge in [0.2, 0.25) is 5.91 Å². The fraction of sp³-hybridized carbons (Fsp3) is 0.353. The minimum absolute atomic E-state index is 0.0393. The van der Waals surface area contributed by atoms with Gasteiger partial charge in [-0.1, -0.05) is 12.1 Å². The summed E-state index contributed by atoms with van der Waals surface area (Å²) in [7, 11) is 0. The maximum atomic E-state index is 11.9. The van der Waals surface area contributed by atoms with Crippen LogP contribution in [0, 0.1) is 6.92 Å². The van der Waals surface area contributed by atoms with Gasteiger partial charge in [0.15, 0.2) is 0 Å². The molecule has 1 heterocycles. The summed E-state index contributed by atoms with van der Waals surface area (Å²) < 4.78 is 6.76. The van der Waals surface area contributed by atoms with Gasteiger partial charge in [0.05, 0.1) is 6.54 Å². The molecule has 0 saturated carbocycles. The lowest BCUT2D eigenvalue weighted by molar-refractivity contribution is -0.121. The number of aryl methyl sites for hydroxylation is 1. The first-order chi connectivity index (χ1) is 11.6. The topological polar surface area (TPSA) is 93.4 Å². The third-order valence-electron chi connectivity index (χ3n) is 3.31. The van der Waals surface area contributed by atoms with Crippen LogP contribution in [0.3, 0.4) is 0 Å². The number of rotatable bonds is 8. The molecule has 0 aliphatic carbocycles. The molecule has 2 rings (SSSR count). The zero-order chi connectivity index (χ0) is 17.4. The van der Waals surface area contributed by atoms with Crippen molar-refractivity contribution in [1.29, 1.82) is 0 Å². The van der Waals surface area contributed by atoms with Gasteiger partial charge >= 0.3 is 5.69 Å². The van der Waals surface area contributed by atoms with Gasteiger partial charge < -0.3 is 15.2 Å². The summed E-state index contributed by atoms with van der Waals surface area (Å²) in [6.07, 6.45) is 3.33. The lowest BCUT2D eigenvalue weighted by Crippen LogP contribution is -2.35. The van der Waals surface area contributed by atoms with Crippen molar-refractivity contribution in [2.24, 2.45) is 0 Å². The quantitative estimate of drug-likeness (QED) is 0.678. The van der Waals surface area contributed by atoms with Crippen molar-refractivity contribution in [3.8, 4) is 5.75 Å². The van der Waals surface area contributed by atoms with Crippen molar-refractivity contribution >= 4 is 5.91 Å². The van der Waals surface area contributed by atoms with E-state index < -0.39 is 5.69 Å². The number of aromatic nitrogens is 2. The van der Waals surface area contributed by atoms with E-state index in [2.05, 4.69) is 10.3 Å². The number of hydrogen-bond acceptors (Lipinski definition) is 5. The molecule has 0 radical (unpaired) electrons. The van der Waals surface area contributed by atoms with Crippen LogP contribution in [-0.2, 0) is 17.8 Å². The van der Waals surface area contributed by atoms with Gasteiger partial charge in [0.1, 0.15) is 18.9 Å². The van der Waals surface area contributed by atoms with Crippen LogP contribution in [0.2, 0.25) is 0 Å². The molecule has 0 aliphatic heterocycles. The molecule has 1 amide bonds. The standard InChI is InChI=1S/C17H21N3O4/c1-13-3-2-4-15(9-13)24-8-6-18-16(22)12-20-11-14(5-7-21)10-19-17(20)23/h2-4,9-11,21H,5-8,12H2,1H3,(H,18,22). The summed E-state index contributed by atoms with van der Waals surface area (Å²) in [4.78, 5) is 27.2. The highest BCUT2D eigenvalue weighted by Gasteiger charge is 2.06. The number of aliphatic hydroxyl groups excluding tert-OH is 1. The number of ether oxygens (including phenoxy) is 1. The molecule has 0 atom stereocenters. The summed E-state index contributed by atoms with van der Waals surface area (Å²) >= 11 is 0. The van der Waals surface area contributed by atoms with Gasteiger partial charge in [-0.2, -0.15) is 0 Å². The molecule has 0 bridgehead atoms. The summed E-state index contributed by atoms with van der Waals surface area (Å²) in [5.74, 6) is 0.453. The van der Waals surface area contributed by atoms with Crippen LogP contribution in [0.5, 0.6) is 5.75 Å². The van der Waals surface area contributed by atoms with E-state index in [1.807, 2.05) is 31.2 Å². The lowest BCUT2D eigenvalue weighted by Gasteiger charge is -2.09. The Morgan fingerprint density at radius 1 is 1.42 bits per heavy atom. The molecule has 0 spiro atoms. The van der Waals surface area contributed by atoms with E-state index >= 15 is 0 Å². The minimum atomic E-state index is -0.497. The molecule has 24 heavy (non-hydrogen) atoms. The number of benzene rings is 1. The largest absolute Gasteiger partial charge is 0.492 e. The monoisotopic (exact) mass is 331 g/mol. The van der Waals surface area contributed by atoms with Gasteiger partial charge in [0.25, 0.3) is 0 Å². The number of aliphatic hydroxyl groups is 1. The molecule has 128 valence electrons. The van der Waals surface area contributed by atoms with E-state index in [0.29, 0.717) is 25.1 Å². The Labute approximate surface area is 139 Å². The number of nitrogens with one attached hydrogen (secondary N) is 1. The van der Waals surface area contributed by atoms with E-state index in [9.17, 15) is 9.59 Å². The highest BCUT2D eigenvalue weighted by atomic mass is 16.5. The van der Waals surface area contributed by atoms with E-state index in [1.54, 1.807) is 0 Å². The van der Waals surface area contributed by atoms with E-state index in [1.165, 1.54) is 17.0 Å². The van der Waals surface area contributed by atoms with Gasteiger partial charge in [-0.15, -0.1) is 0 Å². The van der Waals surface area contributed by atoms with Crippen LogP contribution < -0.4 is 15.7 Å². The first kappa shape index (κ1) is 17.7. The van der Waals surface area contributed by atoms with Crippen LogP contribution >= 0.6 is 0 Å². The highest BCUT2D eigenvalue weighted by Crippen LogP contribution is 2.11. The van der Waals surface area contributed by atoms with E-state index in [-0.39, 0.29) is 19.1 Å². The van der Waals surface area contributed by atoms with Gasteiger partial charge in [0, 0.05) is 19.0 Å². The molecule has 0 saturated heterocycles. The van der Waals surface area contributed by atoms with Crippen LogP contribution in [-0.4, -0.2) is 40.3 Å². The molecular formula is C17H21N3O4. The van der Waals surface area contributed by atoms with Crippen molar-refractivity contribution < 1.29 is 14.6 Å². The summed E-state index contributed by atoms with van der Waals surface area (Å²) in [6.45, 7) is 2.50. The van der Waals surface area contributed by atoms with Crippen LogP contribution in [0.25, 0.3) is 0 Å². The fourth-order valence-corrected chi connectivity index (χ4v) is 2.15. The summed E-state index contributed by atoms with van der Waals surface area (Å²) in [5.41, 5.74) is 1.31. The molecular weight excluding hydrogens is 310 g/mol. The molecule has 7 nitrogen and oxygen atoms in total. The molecule has 1 aromatic heterocycles. The molecule has 0 unspecified atom stereocenters. The maximum absolute atomic E-state index is 11.9. The van der Waals surface area contributed by atoms with Crippen LogP contribution in [0.1, 0.15) is 11.1 Å². The minimum Gasteiger partial charge on any atom is -0.492 e. The Kier molecular flexibility index (Phi) is 6.51. The normalized spacial score (nSPS) is 10.4. The Bertz CT molecular complexity index is 743. The first-order valence-electron chi connectivity index (χ1n) is 7.71. The van der Waals surface area contributed by atoms with Gasteiger partial charge in [-0.3, -0.25) is 9.36 Å². The summed E-state index contributed by atoms with van der Waals surface area (Å²) in [5, 5.41) is 11.6. The lowest BCUT2D eigenvalue weighted by atomic mass is 10.2. The Morgan fingerprint density at radius 3 is 3.00 bits per heavy atom. The zero-order valence-corrected chi connectivity index (χ0v) is 13.6. The molecule has 0 aliphatic rings. The average molecular weight is 331 g/mol. The molecule has 1 aromatic carbocycles. The van der Waals surface area contributed by atoms with Crippen molar-refractivity contribution in [2.75, 3.05) is 19.8 Å². The average Bonchev–Trinajstić information content (AvgIpc) is 2.55. The molecule has 2 N–H and O–H groups in total. The third-order valence-corrected chi connectivity index (χ3v) is 3.31. The molecule has 2 aromatic rings. The van der Waals surface area contributed by atoms with Crippen molar-refractivity contribution in [3.63, 3.8) is 0 Å². The van der Waals surface area contributed by atoms with Crippen molar-refractivity contribution in [2.45, 2.75) is 19.9 Å². The SMILES string of the molecule is Cc1cccc(OCCNC(=O)Cn2cc(CCO)cnc2=O)c1. The van der Waals surface area contributed by atoms with Crippen LogP contribution in [0.4, 0.5) is 0 Å². The number of carbonyl (C=O) groups is 1. The smallest absolute Gasteiger partial charge is 0.347 e. The Morgan fingerprint density at radius 2 is 2.25 bits per heavy atom. The van der Waals surface area contributed by atoms with E-state index in [4.69, 9.17) is 9.84 Å². The maximum Gasteiger partial charge on any atom is 0.347 e. The number of amides is 1. The summed E-state index contributed by atoms with van der Waals surface area (Å²) in [6, 6.07) is 7.65. The Hall–Kier alpha value is -2.67. The number of nitrogens with zero attached hydrogens (tertiary/aromatic N) is 2. The third kappa shape index (κ3) is 5.51. The predicted molar refractivity (Wildman–Crippen MR) is 89.0 cm³/mol. The first-order valence-corrected chi connectivity index (χ1v) is 7.71. The fourth-order valence-electron chi connectivity index (χ4n) is 2.15. The molecule has 7 heteroatoms. The Balaban J connectivity index is 1.79. The zero-order valence-electron chi connectivity index (χ0n) is 13.6. The van der Waals surface area contributed by atoms with Crippen molar-refractivity contribution in [3.05, 3.63) is 58.3 Å². The van der Waals surface area contributed by atoms with Gasteiger partial charge in [-0.25, -0.2) is 9.78 Å². The molecule has 0 fully saturated rings. The second-order valence-electron chi connectivity index (χ2n) is 5.36. The predicted octanol–water partition coefficient (Wildman–Crippen LogP) is 0.282. The second-order valence-corrected chi connectivity index (χ2v) is 5.36. The second kappa shape index (κ2) is 8.83. The van der Waals surface area contributed by atoms with E-state index in [0.717, 1.165) is 11.3 Å². The number of carbonyl (C=O) groups excluding carboxylic acids is 1. The van der Waals surface area contributed by atoms with Crippen molar-refractivity contribution in [1.82, 2.24) is 14.9 Å². The van der Waals surface area contributed by atoms with Gasteiger partial charge in [-0.05, 0) is 36.6 Å². The number of hydrogen-bond donors (Lipinski definition) is 2.